The molecule has 4 rings (SSSR count). The van der Waals surface area contributed by atoms with Gasteiger partial charge in [-0.05, 0) is 43.7 Å². The summed E-state index contributed by atoms with van der Waals surface area (Å²) in [4.78, 5) is 8.23. The Labute approximate surface area is 123 Å². The zero-order chi connectivity index (χ0) is 14.4. The van der Waals surface area contributed by atoms with Crippen LogP contribution in [-0.4, -0.2) is 9.97 Å². The number of rotatable bonds is 1. The third-order valence-corrected chi connectivity index (χ3v) is 3.96. The Hall–Kier alpha value is -2.61. The molecular weight excluding hydrogens is 256 g/mol. The molecule has 21 heavy (non-hydrogen) atoms. The predicted molar refractivity (Wildman–Crippen MR) is 88.5 cm³/mol. The van der Waals surface area contributed by atoms with Gasteiger partial charge in [0.2, 0.25) is 0 Å². The summed E-state index contributed by atoms with van der Waals surface area (Å²) in [6.45, 7) is 4.24. The Balaban J connectivity index is 1.99. The van der Waals surface area contributed by atoms with Gasteiger partial charge in [0.05, 0.1) is 11.2 Å². The first kappa shape index (κ1) is 12.2. The number of hydrogen-bond donors (Lipinski definition) is 1. The molecule has 0 amide bonds. The first-order valence-electron chi connectivity index (χ1n) is 7.17. The molecule has 0 spiro atoms. The normalized spacial score (nSPS) is 11.3. The molecule has 102 valence electrons. The third-order valence-electron chi connectivity index (χ3n) is 3.96. The molecule has 0 aliphatic heterocycles. The number of fused-ring (bicyclic) bond motifs is 2. The van der Waals surface area contributed by atoms with Gasteiger partial charge < -0.3 is 4.98 Å². The number of aromatic amines is 1. The van der Waals surface area contributed by atoms with E-state index in [2.05, 4.69) is 55.2 Å². The molecule has 2 aromatic carbocycles. The van der Waals surface area contributed by atoms with Crippen LogP contribution in [0.2, 0.25) is 0 Å². The Morgan fingerprint density at radius 1 is 0.905 bits per heavy atom. The number of benzene rings is 2. The minimum absolute atomic E-state index is 1.04. The van der Waals surface area contributed by atoms with E-state index in [0.29, 0.717) is 0 Å². The summed E-state index contributed by atoms with van der Waals surface area (Å²) < 4.78 is 0. The Kier molecular flexibility index (Phi) is 2.58. The summed E-state index contributed by atoms with van der Waals surface area (Å²) in [5, 5.41) is 2.42. The Morgan fingerprint density at radius 2 is 1.71 bits per heavy atom. The van der Waals surface area contributed by atoms with Crippen molar-refractivity contribution in [1.29, 1.82) is 0 Å². The number of aryl methyl sites for hydroxylation is 2. The molecule has 0 unspecified atom stereocenters. The second-order valence-electron chi connectivity index (χ2n) is 5.60. The highest BCUT2D eigenvalue weighted by molar-refractivity contribution is 5.98. The van der Waals surface area contributed by atoms with E-state index in [4.69, 9.17) is 4.98 Å². The van der Waals surface area contributed by atoms with E-state index in [-0.39, 0.29) is 0 Å². The zero-order valence-electron chi connectivity index (χ0n) is 12.1. The number of pyridine rings is 1. The standard InChI is InChI=1S/C19H16N2/c1-12-8-13(2)20-19-10-15-9-17(14-6-4-3-5-7-14)21-18(15)11-16(12)19/h3-11,20H,1-2H3. The Bertz CT molecular complexity index is 950. The van der Waals surface area contributed by atoms with Crippen molar-refractivity contribution >= 4 is 21.8 Å². The van der Waals surface area contributed by atoms with Gasteiger partial charge in [-0.3, -0.25) is 0 Å². The van der Waals surface area contributed by atoms with E-state index in [9.17, 15) is 0 Å². The smallest absolute Gasteiger partial charge is 0.0717 e. The topological polar surface area (TPSA) is 28.7 Å². The van der Waals surface area contributed by atoms with Crippen molar-refractivity contribution in [3.63, 3.8) is 0 Å². The summed E-state index contributed by atoms with van der Waals surface area (Å²) >= 11 is 0. The molecule has 2 heteroatoms. The van der Waals surface area contributed by atoms with Crippen LogP contribution in [0.5, 0.6) is 0 Å². The summed E-state index contributed by atoms with van der Waals surface area (Å²) in [6, 6.07) is 19.0. The molecule has 2 nitrogen and oxygen atoms in total. The van der Waals surface area contributed by atoms with Gasteiger partial charge in [0.25, 0.3) is 0 Å². The van der Waals surface area contributed by atoms with Gasteiger partial charge in [-0.25, -0.2) is 4.98 Å². The van der Waals surface area contributed by atoms with Crippen LogP contribution >= 0.6 is 0 Å². The fourth-order valence-electron chi connectivity index (χ4n) is 2.96. The molecule has 0 aliphatic carbocycles. The molecule has 0 bridgehead atoms. The number of aromatic nitrogens is 2. The van der Waals surface area contributed by atoms with Crippen LogP contribution < -0.4 is 0 Å². The van der Waals surface area contributed by atoms with Crippen molar-refractivity contribution in [3.8, 4) is 11.3 Å². The van der Waals surface area contributed by atoms with Gasteiger partial charge in [-0.2, -0.15) is 0 Å². The molecule has 2 heterocycles. The summed E-state index contributed by atoms with van der Waals surface area (Å²) in [6.07, 6.45) is 0. The van der Waals surface area contributed by atoms with Crippen LogP contribution in [0.25, 0.3) is 33.1 Å². The average Bonchev–Trinajstić information content (AvgIpc) is 2.89. The second-order valence-corrected chi connectivity index (χ2v) is 5.60. The maximum atomic E-state index is 4.78. The lowest BCUT2D eigenvalue weighted by Gasteiger charge is -2.05. The quantitative estimate of drug-likeness (QED) is 0.519. The largest absolute Gasteiger partial charge is 0.359 e. The van der Waals surface area contributed by atoms with Gasteiger partial charge in [-0.1, -0.05) is 30.3 Å². The van der Waals surface area contributed by atoms with E-state index in [1.807, 2.05) is 18.2 Å². The van der Waals surface area contributed by atoms with Crippen molar-refractivity contribution < 1.29 is 0 Å². The van der Waals surface area contributed by atoms with Crippen LogP contribution in [0, 0.1) is 13.8 Å². The number of nitrogens with zero attached hydrogens (tertiary/aromatic N) is 1. The lowest BCUT2D eigenvalue weighted by Crippen LogP contribution is -1.87. The van der Waals surface area contributed by atoms with E-state index in [1.165, 1.54) is 27.5 Å². The van der Waals surface area contributed by atoms with Crippen molar-refractivity contribution in [3.05, 3.63) is 65.9 Å². The molecule has 2 aromatic heterocycles. The molecule has 0 atom stereocenters. The van der Waals surface area contributed by atoms with Crippen LogP contribution in [0.1, 0.15) is 11.3 Å². The monoisotopic (exact) mass is 272 g/mol. The fraction of sp³-hybridized carbons (Fsp3) is 0.105. The minimum Gasteiger partial charge on any atom is -0.359 e. The molecule has 0 saturated heterocycles. The number of nitrogens with one attached hydrogen (secondary N) is 1. The van der Waals surface area contributed by atoms with Gasteiger partial charge in [0.15, 0.2) is 0 Å². The highest BCUT2D eigenvalue weighted by Gasteiger charge is 2.07. The molecule has 0 radical (unpaired) electrons. The van der Waals surface area contributed by atoms with Gasteiger partial charge in [-0.15, -0.1) is 0 Å². The van der Waals surface area contributed by atoms with Crippen molar-refractivity contribution in [2.75, 3.05) is 0 Å². The maximum absolute atomic E-state index is 4.78. The summed E-state index contributed by atoms with van der Waals surface area (Å²) in [5.41, 5.74) is 6.90. The maximum Gasteiger partial charge on any atom is 0.0717 e. The van der Waals surface area contributed by atoms with Crippen LogP contribution in [0.4, 0.5) is 0 Å². The van der Waals surface area contributed by atoms with Crippen LogP contribution in [0.15, 0.2) is 54.6 Å². The van der Waals surface area contributed by atoms with Gasteiger partial charge >= 0.3 is 0 Å². The third kappa shape index (κ3) is 2.00. The molecule has 0 aliphatic rings. The van der Waals surface area contributed by atoms with Gasteiger partial charge in [0, 0.05) is 27.5 Å². The zero-order valence-corrected chi connectivity index (χ0v) is 12.1. The van der Waals surface area contributed by atoms with Crippen LogP contribution in [-0.2, 0) is 0 Å². The molecule has 0 fully saturated rings. The highest BCUT2D eigenvalue weighted by atomic mass is 14.7. The van der Waals surface area contributed by atoms with E-state index in [0.717, 1.165) is 16.8 Å². The highest BCUT2D eigenvalue weighted by Crippen LogP contribution is 2.28. The molecule has 4 aromatic rings. The summed E-state index contributed by atoms with van der Waals surface area (Å²) in [7, 11) is 0. The Morgan fingerprint density at radius 3 is 2.52 bits per heavy atom. The number of hydrogen-bond acceptors (Lipinski definition) is 1. The second kappa shape index (κ2) is 4.45. The molecule has 1 N–H and O–H groups in total. The first-order valence-corrected chi connectivity index (χ1v) is 7.17. The lowest BCUT2D eigenvalue weighted by molar-refractivity contribution is 1.24. The van der Waals surface area contributed by atoms with Crippen molar-refractivity contribution in [2.45, 2.75) is 13.8 Å². The van der Waals surface area contributed by atoms with E-state index in [1.54, 1.807) is 0 Å². The van der Waals surface area contributed by atoms with E-state index < -0.39 is 0 Å². The van der Waals surface area contributed by atoms with E-state index >= 15 is 0 Å². The molecular formula is C19H16N2. The van der Waals surface area contributed by atoms with Crippen LogP contribution in [0.3, 0.4) is 0 Å². The fourth-order valence-corrected chi connectivity index (χ4v) is 2.96. The first-order chi connectivity index (χ1) is 10.2. The van der Waals surface area contributed by atoms with Gasteiger partial charge in [0.1, 0.15) is 0 Å². The predicted octanol–water partition coefficient (Wildman–Crippen LogP) is 5.00. The molecule has 0 saturated carbocycles. The number of H-pyrrole nitrogens is 1. The minimum atomic E-state index is 1.04. The summed E-state index contributed by atoms with van der Waals surface area (Å²) in [5.74, 6) is 0. The van der Waals surface area contributed by atoms with Crippen molar-refractivity contribution in [2.24, 2.45) is 0 Å². The van der Waals surface area contributed by atoms with Crippen molar-refractivity contribution in [1.82, 2.24) is 9.97 Å². The lowest BCUT2D eigenvalue weighted by atomic mass is 10.1. The SMILES string of the molecule is Cc1cc(C)c2cc3nc(-c4ccccc4)cc3cc2[nH]1. The average molecular weight is 272 g/mol.